The first-order valence-corrected chi connectivity index (χ1v) is 8.47. The van der Waals surface area contributed by atoms with Crippen LogP contribution in [0.3, 0.4) is 0 Å². The van der Waals surface area contributed by atoms with E-state index in [1.165, 1.54) is 6.21 Å². The Bertz CT molecular complexity index is 804. The summed E-state index contributed by atoms with van der Waals surface area (Å²) in [6.45, 7) is 3.98. The van der Waals surface area contributed by atoms with Crippen molar-refractivity contribution < 1.29 is 19.0 Å². The number of methoxy groups -OCH3 is 2. The molecule has 7 heteroatoms. The van der Waals surface area contributed by atoms with Gasteiger partial charge in [-0.3, -0.25) is 4.79 Å². The van der Waals surface area contributed by atoms with Crippen LogP contribution < -0.4 is 19.6 Å². The predicted octanol–water partition coefficient (Wildman–Crippen LogP) is 3.80. The largest absolute Gasteiger partial charge is 0.497 e. The second kappa shape index (κ2) is 9.62. The molecular formula is C19H19BrN2O4. The molecule has 0 saturated heterocycles. The van der Waals surface area contributed by atoms with Gasteiger partial charge in [-0.1, -0.05) is 12.7 Å². The summed E-state index contributed by atoms with van der Waals surface area (Å²) < 4.78 is 16.7. The smallest absolute Gasteiger partial charge is 0.271 e. The quantitative estimate of drug-likeness (QED) is 0.402. The van der Waals surface area contributed by atoms with Crippen molar-refractivity contribution in [1.82, 2.24) is 5.43 Å². The fourth-order valence-corrected chi connectivity index (χ4v) is 2.64. The summed E-state index contributed by atoms with van der Waals surface area (Å²) >= 11 is 3.44. The minimum absolute atomic E-state index is 0.319. The van der Waals surface area contributed by atoms with E-state index < -0.39 is 0 Å². The van der Waals surface area contributed by atoms with E-state index in [4.69, 9.17) is 14.2 Å². The molecule has 0 saturated carbocycles. The maximum atomic E-state index is 12.1. The van der Waals surface area contributed by atoms with E-state index in [2.05, 4.69) is 33.0 Å². The Kier molecular flexibility index (Phi) is 7.23. The van der Waals surface area contributed by atoms with Gasteiger partial charge in [0.2, 0.25) is 0 Å². The average Bonchev–Trinajstić information content (AvgIpc) is 2.66. The molecule has 0 aromatic heterocycles. The number of hydrogen-bond donors (Lipinski definition) is 1. The lowest BCUT2D eigenvalue weighted by molar-refractivity contribution is 0.0955. The summed E-state index contributed by atoms with van der Waals surface area (Å²) in [6.07, 6.45) is 3.17. The van der Waals surface area contributed by atoms with Crippen LogP contribution >= 0.6 is 15.9 Å². The number of carbonyl (C=O) groups is 1. The highest BCUT2D eigenvalue weighted by molar-refractivity contribution is 9.10. The lowest BCUT2D eigenvalue weighted by Gasteiger charge is -2.12. The van der Waals surface area contributed by atoms with Gasteiger partial charge in [0.1, 0.15) is 12.4 Å². The third-order valence-electron chi connectivity index (χ3n) is 3.33. The Morgan fingerprint density at radius 1 is 1.23 bits per heavy atom. The Morgan fingerprint density at radius 3 is 2.58 bits per heavy atom. The van der Waals surface area contributed by atoms with Crippen molar-refractivity contribution in [3.05, 3.63) is 64.7 Å². The van der Waals surface area contributed by atoms with Crippen LogP contribution in [-0.4, -0.2) is 32.9 Å². The number of hydrazone groups is 1. The molecule has 0 spiro atoms. The van der Waals surface area contributed by atoms with E-state index in [0.717, 1.165) is 5.56 Å². The van der Waals surface area contributed by atoms with Gasteiger partial charge in [0, 0.05) is 5.56 Å². The molecule has 136 valence electrons. The van der Waals surface area contributed by atoms with E-state index in [1.807, 2.05) is 6.07 Å². The molecule has 2 rings (SSSR count). The van der Waals surface area contributed by atoms with Gasteiger partial charge in [0.25, 0.3) is 5.91 Å². The van der Waals surface area contributed by atoms with Gasteiger partial charge in [-0.25, -0.2) is 5.43 Å². The SMILES string of the molecule is C=CCOc1c(Br)cc(/C=N\NC(=O)c2ccc(OC)cc2)cc1OC. The molecule has 0 fully saturated rings. The van der Waals surface area contributed by atoms with Gasteiger partial charge in [-0.05, 0) is 57.9 Å². The molecule has 0 radical (unpaired) electrons. The number of rotatable bonds is 8. The highest BCUT2D eigenvalue weighted by Gasteiger charge is 2.11. The maximum Gasteiger partial charge on any atom is 0.271 e. The van der Waals surface area contributed by atoms with E-state index in [1.54, 1.807) is 50.6 Å². The summed E-state index contributed by atoms with van der Waals surface area (Å²) in [5.74, 6) is 1.48. The summed E-state index contributed by atoms with van der Waals surface area (Å²) in [7, 11) is 3.12. The first-order valence-electron chi connectivity index (χ1n) is 7.67. The Labute approximate surface area is 160 Å². The standard InChI is InChI=1S/C19H19BrN2O4/c1-4-9-26-18-16(20)10-13(11-17(18)25-3)12-21-22-19(23)14-5-7-15(24-2)8-6-14/h4-8,10-12H,1,9H2,2-3H3,(H,22,23)/b21-12-. The van der Waals surface area contributed by atoms with Crippen molar-refractivity contribution in [2.24, 2.45) is 5.10 Å². The lowest BCUT2D eigenvalue weighted by atomic mass is 10.2. The van der Waals surface area contributed by atoms with E-state index in [-0.39, 0.29) is 5.91 Å². The number of carbonyl (C=O) groups excluding carboxylic acids is 1. The summed E-state index contributed by atoms with van der Waals surface area (Å²) in [5, 5.41) is 3.98. The first-order chi connectivity index (χ1) is 12.6. The number of ether oxygens (including phenoxy) is 3. The van der Waals surface area contributed by atoms with Crippen LogP contribution in [0, 0.1) is 0 Å². The molecule has 26 heavy (non-hydrogen) atoms. The second-order valence-electron chi connectivity index (χ2n) is 5.06. The Morgan fingerprint density at radius 2 is 1.96 bits per heavy atom. The molecule has 0 aliphatic rings. The highest BCUT2D eigenvalue weighted by atomic mass is 79.9. The van der Waals surface area contributed by atoms with Gasteiger partial charge in [-0.2, -0.15) is 5.10 Å². The van der Waals surface area contributed by atoms with Gasteiger partial charge in [0.05, 0.1) is 24.9 Å². The molecule has 6 nitrogen and oxygen atoms in total. The van der Waals surface area contributed by atoms with Crippen molar-refractivity contribution >= 4 is 28.1 Å². The van der Waals surface area contributed by atoms with Crippen molar-refractivity contribution in [3.8, 4) is 17.2 Å². The van der Waals surface area contributed by atoms with Crippen LogP contribution in [0.2, 0.25) is 0 Å². The number of nitrogens with zero attached hydrogens (tertiary/aromatic N) is 1. The summed E-state index contributed by atoms with van der Waals surface area (Å²) in [4.78, 5) is 12.1. The molecule has 2 aromatic rings. The molecule has 0 heterocycles. The lowest BCUT2D eigenvalue weighted by Crippen LogP contribution is -2.17. The highest BCUT2D eigenvalue weighted by Crippen LogP contribution is 2.36. The minimum Gasteiger partial charge on any atom is -0.497 e. The van der Waals surface area contributed by atoms with Crippen LogP contribution in [0.25, 0.3) is 0 Å². The van der Waals surface area contributed by atoms with Crippen molar-refractivity contribution in [2.75, 3.05) is 20.8 Å². The monoisotopic (exact) mass is 418 g/mol. The first kappa shape index (κ1) is 19.5. The number of hydrogen-bond acceptors (Lipinski definition) is 5. The second-order valence-corrected chi connectivity index (χ2v) is 5.92. The zero-order chi connectivity index (χ0) is 18.9. The minimum atomic E-state index is -0.319. The molecule has 0 unspecified atom stereocenters. The van der Waals surface area contributed by atoms with Crippen LogP contribution in [-0.2, 0) is 0 Å². The van der Waals surface area contributed by atoms with Gasteiger partial charge in [-0.15, -0.1) is 0 Å². The number of amides is 1. The van der Waals surface area contributed by atoms with E-state index in [9.17, 15) is 4.79 Å². The molecule has 0 aliphatic carbocycles. The summed E-state index contributed by atoms with van der Waals surface area (Å²) in [5.41, 5.74) is 3.69. The topological polar surface area (TPSA) is 69.2 Å². The van der Waals surface area contributed by atoms with Gasteiger partial charge >= 0.3 is 0 Å². The maximum absolute atomic E-state index is 12.1. The Hall–Kier alpha value is -2.80. The van der Waals surface area contributed by atoms with Gasteiger partial charge in [0.15, 0.2) is 11.5 Å². The van der Waals surface area contributed by atoms with Gasteiger partial charge < -0.3 is 14.2 Å². The van der Waals surface area contributed by atoms with Crippen molar-refractivity contribution in [2.45, 2.75) is 0 Å². The summed E-state index contributed by atoms with van der Waals surface area (Å²) in [6, 6.07) is 10.3. The molecule has 0 bridgehead atoms. The molecule has 0 aliphatic heterocycles. The predicted molar refractivity (Wildman–Crippen MR) is 104 cm³/mol. The van der Waals surface area contributed by atoms with Crippen molar-refractivity contribution in [1.29, 1.82) is 0 Å². The van der Waals surface area contributed by atoms with Crippen LogP contribution in [0.4, 0.5) is 0 Å². The zero-order valence-electron chi connectivity index (χ0n) is 14.5. The number of benzene rings is 2. The zero-order valence-corrected chi connectivity index (χ0v) is 16.1. The van der Waals surface area contributed by atoms with Crippen molar-refractivity contribution in [3.63, 3.8) is 0 Å². The van der Waals surface area contributed by atoms with Crippen LogP contribution in [0.5, 0.6) is 17.2 Å². The Balaban J connectivity index is 2.08. The molecule has 1 amide bonds. The fraction of sp³-hybridized carbons (Fsp3) is 0.158. The van der Waals surface area contributed by atoms with E-state index in [0.29, 0.717) is 33.9 Å². The average molecular weight is 419 g/mol. The normalized spacial score (nSPS) is 10.4. The van der Waals surface area contributed by atoms with Crippen LogP contribution in [0.1, 0.15) is 15.9 Å². The van der Waals surface area contributed by atoms with Crippen LogP contribution in [0.15, 0.2) is 58.6 Å². The molecule has 2 aromatic carbocycles. The molecular weight excluding hydrogens is 400 g/mol. The molecule has 1 N–H and O–H groups in total. The number of halogens is 1. The molecule has 0 atom stereocenters. The fourth-order valence-electron chi connectivity index (χ4n) is 2.07. The van der Waals surface area contributed by atoms with E-state index >= 15 is 0 Å². The number of nitrogens with one attached hydrogen (secondary N) is 1. The third kappa shape index (κ3) is 5.10. The third-order valence-corrected chi connectivity index (χ3v) is 3.92.